The maximum atomic E-state index is 11.1. The molecule has 1 aliphatic carbocycles. The minimum absolute atomic E-state index is 0.0760. The number of pyridine rings is 1. The Morgan fingerprint density at radius 3 is 2.72 bits per heavy atom. The Kier molecular flexibility index (Phi) is 4.72. The zero-order chi connectivity index (χ0) is 13.0. The van der Waals surface area contributed by atoms with E-state index in [9.17, 15) is 4.79 Å². The van der Waals surface area contributed by atoms with E-state index in [1.807, 2.05) is 18.2 Å². The highest BCUT2D eigenvalue weighted by molar-refractivity contribution is 9.10. The van der Waals surface area contributed by atoms with Crippen molar-refractivity contribution in [2.24, 2.45) is 11.7 Å². The maximum absolute atomic E-state index is 11.1. The van der Waals surface area contributed by atoms with E-state index in [2.05, 4.69) is 26.2 Å². The summed E-state index contributed by atoms with van der Waals surface area (Å²) in [5.74, 6) is -0.0749. The predicted molar refractivity (Wildman–Crippen MR) is 73.7 cm³/mol. The molecular weight excluding hydrogens is 294 g/mol. The van der Waals surface area contributed by atoms with Crippen LogP contribution in [0.3, 0.4) is 0 Å². The van der Waals surface area contributed by atoms with E-state index in [1.165, 1.54) is 0 Å². The summed E-state index contributed by atoms with van der Waals surface area (Å²) in [6.45, 7) is 0.769. The van der Waals surface area contributed by atoms with Gasteiger partial charge in [-0.3, -0.25) is 4.79 Å². The average molecular weight is 312 g/mol. The topological polar surface area (TPSA) is 68.0 Å². The third-order valence-corrected chi connectivity index (χ3v) is 3.92. The highest BCUT2D eigenvalue weighted by Gasteiger charge is 2.24. The first-order valence-corrected chi connectivity index (χ1v) is 7.08. The van der Waals surface area contributed by atoms with Crippen molar-refractivity contribution in [3.05, 3.63) is 28.5 Å². The van der Waals surface area contributed by atoms with Gasteiger partial charge in [-0.15, -0.1) is 0 Å². The molecule has 3 N–H and O–H groups in total. The number of primary amides is 1. The summed E-state index contributed by atoms with van der Waals surface area (Å²) in [6, 6.07) is 6.38. The van der Waals surface area contributed by atoms with E-state index in [0.29, 0.717) is 6.04 Å². The third kappa shape index (κ3) is 3.78. The van der Waals surface area contributed by atoms with Crippen LogP contribution in [0.15, 0.2) is 22.8 Å². The van der Waals surface area contributed by atoms with Crippen LogP contribution < -0.4 is 11.1 Å². The normalized spacial score (nSPS) is 23.8. The Hall–Kier alpha value is -0.940. The molecular formula is C13H18BrN3O. The minimum Gasteiger partial charge on any atom is -0.369 e. The molecule has 98 valence electrons. The highest BCUT2D eigenvalue weighted by atomic mass is 79.9. The van der Waals surface area contributed by atoms with Gasteiger partial charge in [0.1, 0.15) is 4.60 Å². The van der Waals surface area contributed by atoms with Gasteiger partial charge in [-0.25, -0.2) is 4.98 Å². The van der Waals surface area contributed by atoms with Gasteiger partial charge in [-0.1, -0.05) is 6.07 Å². The molecule has 18 heavy (non-hydrogen) atoms. The van der Waals surface area contributed by atoms with Gasteiger partial charge in [-0.05, 0) is 53.7 Å². The van der Waals surface area contributed by atoms with Crippen molar-refractivity contribution in [2.75, 3.05) is 0 Å². The smallest absolute Gasteiger partial charge is 0.220 e. The number of amides is 1. The molecule has 1 fully saturated rings. The number of nitrogens with zero attached hydrogens (tertiary/aromatic N) is 1. The van der Waals surface area contributed by atoms with E-state index in [0.717, 1.165) is 42.5 Å². The lowest BCUT2D eigenvalue weighted by Crippen LogP contribution is -2.36. The SMILES string of the molecule is NC(=O)C1CCC(NCc2cccc(Br)n2)CC1. The number of hydrogen-bond acceptors (Lipinski definition) is 3. The average Bonchev–Trinajstić information content (AvgIpc) is 2.37. The molecule has 1 aliphatic rings. The van der Waals surface area contributed by atoms with Gasteiger partial charge in [0.15, 0.2) is 0 Å². The third-order valence-electron chi connectivity index (χ3n) is 3.47. The minimum atomic E-state index is -0.151. The molecule has 0 saturated heterocycles. The van der Waals surface area contributed by atoms with Crippen LogP contribution in [0.4, 0.5) is 0 Å². The fourth-order valence-electron chi connectivity index (χ4n) is 2.38. The molecule has 1 saturated carbocycles. The lowest BCUT2D eigenvalue weighted by molar-refractivity contribution is -0.122. The number of nitrogens with two attached hydrogens (primary N) is 1. The fraction of sp³-hybridized carbons (Fsp3) is 0.538. The van der Waals surface area contributed by atoms with E-state index < -0.39 is 0 Å². The van der Waals surface area contributed by atoms with Gasteiger partial charge in [0, 0.05) is 18.5 Å². The van der Waals surface area contributed by atoms with Gasteiger partial charge in [0.05, 0.1) is 5.69 Å². The lowest BCUT2D eigenvalue weighted by atomic mass is 9.85. The second-order valence-electron chi connectivity index (χ2n) is 4.78. The van der Waals surface area contributed by atoms with Gasteiger partial charge >= 0.3 is 0 Å². The Bertz CT molecular complexity index is 416. The monoisotopic (exact) mass is 311 g/mol. The summed E-state index contributed by atoms with van der Waals surface area (Å²) in [4.78, 5) is 15.4. The molecule has 4 nitrogen and oxygen atoms in total. The molecule has 1 aromatic heterocycles. The van der Waals surface area contributed by atoms with E-state index >= 15 is 0 Å². The number of carbonyl (C=O) groups is 1. The van der Waals surface area contributed by atoms with Gasteiger partial charge in [0.25, 0.3) is 0 Å². The summed E-state index contributed by atoms with van der Waals surface area (Å²) in [6.07, 6.45) is 3.83. The number of carbonyl (C=O) groups excluding carboxylic acids is 1. The van der Waals surface area contributed by atoms with Crippen LogP contribution in [0.2, 0.25) is 0 Å². The molecule has 0 bridgehead atoms. The highest BCUT2D eigenvalue weighted by Crippen LogP contribution is 2.24. The summed E-state index contributed by atoms with van der Waals surface area (Å²) in [7, 11) is 0. The quantitative estimate of drug-likeness (QED) is 0.835. The summed E-state index contributed by atoms with van der Waals surface area (Å²) >= 11 is 3.36. The Morgan fingerprint density at radius 1 is 1.39 bits per heavy atom. The lowest BCUT2D eigenvalue weighted by Gasteiger charge is -2.27. The van der Waals surface area contributed by atoms with Crippen LogP contribution in [0.25, 0.3) is 0 Å². The number of hydrogen-bond donors (Lipinski definition) is 2. The molecule has 5 heteroatoms. The number of aromatic nitrogens is 1. The van der Waals surface area contributed by atoms with Crippen molar-refractivity contribution < 1.29 is 4.79 Å². The van der Waals surface area contributed by atoms with Crippen molar-refractivity contribution in [1.82, 2.24) is 10.3 Å². The zero-order valence-electron chi connectivity index (χ0n) is 10.2. The van der Waals surface area contributed by atoms with Crippen molar-refractivity contribution in [3.8, 4) is 0 Å². The van der Waals surface area contributed by atoms with Crippen LogP contribution in [0.1, 0.15) is 31.4 Å². The Balaban J connectivity index is 1.77. The molecule has 2 rings (SSSR count). The molecule has 1 amide bonds. The molecule has 1 heterocycles. The van der Waals surface area contributed by atoms with Crippen molar-refractivity contribution in [3.63, 3.8) is 0 Å². The van der Waals surface area contributed by atoms with Crippen LogP contribution in [0, 0.1) is 5.92 Å². The van der Waals surface area contributed by atoms with Crippen molar-refractivity contribution >= 4 is 21.8 Å². The summed E-state index contributed by atoms with van der Waals surface area (Å²) in [5, 5.41) is 3.49. The first-order valence-electron chi connectivity index (χ1n) is 6.29. The van der Waals surface area contributed by atoms with Crippen LogP contribution in [0.5, 0.6) is 0 Å². The fourth-order valence-corrected chi connectivity index (χ4v) is 2.76. The largest absolute Gasteiger partial charge is 0.369 e. The van der Waals surface area contributed by atoms with Gasteiger partial charge in [-0.2, -0.15) is 0 Å². The zero-order valence-corrected chi connectivity index (χ0v) is 11.8. The van der Waals surface area contributed by atoms with Gasteiger partial charge in [0.2, 0.25) is 5.91 Å². The first kappa shape index (κ1) is 13.5. The van der Waals surface area contributed by atoms with E-state index in [4.69, 9.17) is 5.73 Å². The molecule has 0 radical (unpaired) electrons. The predicted octanol–water partition coefficient (Wildman–Crippen LogP) is 1.98. The van der Waals surface area contributed by atoms with Crippen LogP contribution in [-0.2, 0) is 11.3 Å². The molecule has 0 aliphatic heterocycles. The first-order chi connectivity index (χ1) is 8.65. The van der Waals surface area contributed by atoms with Crippen LogP contribution >= 0.6 is 15.9 Å². The second kappa shape index (κ2) is 6.29. The van der Waals surface area contributed by atoms with E-state index in [1.54, 1.807) is 0 Å². The standard InChI is InChI=1S/C13H18BrN3O/c14-12-3-1-2-11(17-12)8-16-10-6-4-9(5-7-10)13(15)18/h1-3,9-10,16H,4-8H2,(H2,15,18). The van der Waals surface area contributed by atoms with Gasteiger partial charge < -0.3 is 11.1 Å². The summed E-state index contributed by atoms with van der Waals surface area (Å²) < 4.78 is 0.860. The van der Waals surface area contributed by atoms with Crippen LogP contribution in [-0.4, -0.2) is 16.9 Å². The van der Waals surface area contributed by atoms with Crippen molar-refractivity contribution in [1.29, 1.82) is 0 Å². The molecule has 0 unspecified atom stereocenters. The number of halogens is 1. The van der Waals surface area contributed by atoms with E-state index in [-0.39, 0.29) is 11.8 Å². The van der Waals surface area contributed by atoms with Crippen molar-refractivity contribution in [2.45, 2.75) is 38.3 Å². The number of rotatable bonds is 4. The number of nitrogens with one attached hydrogen (secondary N) is 1. The molecule has 0 aromatic carbocycles. The molecule has 0 atom stereocenters. The maximum Gasteiger partial charge on any atom is 0.220 e. The molecule has 0 spiro atoms. The molecule has 1 aromatic rings. The summed E-state index contributed by atoms with van der Waals surface area (Å²) in [5.41, 5.74) is 6.35. The Morgan fingerprint density at radius 2 is 2.11 bits per heavy atom. The second-order valence-corrected chi connectivity index (χ2v) is 5.60. The Labute approximate surface area is 115 Å².